The highest BCUT2D eigenvalue weighted by molar-refractivity contribution is 7.26. The first-order valence-corrected chi connectivity index (χ1v) is 18.1. The minimum absolute atomic E-state index is 0.839. The van der Waals surface area contributed by atoms with Gasteiger partial charge in [-0.25, -0.2) is 0 Å². The fraction of sp³-hybridized carbons (Fsp3) is 0. The summed E-state index contributed by atoms with van der Waals surface area (Å²) < 4.78 is 9.20. The second-order valence-corrected chi connectivity index (χ2v) is 14.0. The molecule has 2 nitrogen and oxygen atoms in total. The summed E-state index contributed by atoms with van der Waals surface area (Å²) in [5, 5.41) is 2.66. The van der Waals surface area contributed by atoms with Crippen LogP contribution in [0.4, 0.5) is 17.1 Å². The number of rotatable bonds is 5. The number of ether oxygens (including phenoxy) is 1. The summed E-state index contributed by atoms with van der Waals surface area (Å²) in [6, 6.07) is 67.2. The lowest BCUT2D eigenvalue weighted by Crippen LogP contribution is -2.15. The molecular weight excluding hydrogens is 639 g/mol. The molecule has 0 spiro atoms. The quantitative estimate of drug-likeness (QED) is 0.181. The summed E-state index contributed by atoms with van der Waals surface area (Å²) in [5.41, 5.74) is 12.7. The average Bonchev–Trinajstić information content (AvgIpc) is 3.59. The number of hydrogen-bond donors (Lipinski definition) is 0. The maximum Gasteiger partial charge on any atom is 0.152 e. The molecule has 0 saturated heterocycles. The molecule has 0 unspecified atom stereocenters. The summed E-state index contributed by atoms with van der Waals surface area (Å²) in [4.78, 5) is 2.30. The Morgan fingerprint density at radius 1 is 0.373 bits per heavy atom. The molecule has 0 aliphatic carbocycles. The van der Waals surface area contributed by atoms with Crippen LogP contribution in [0.1, 0.15) is 0 Å². The summed E-state index contributed by atoms with van der Waals surface area (Å²) in [5.74, 6) is 1.68. The maximum absolute atomic E-state index is 6.53. The Morgan fingerprint density at radius 3 is 1.69 bits per heavy atom. The Morgan fingerprint density at radius 2 is 0.922 bits per heavy atom. The van der Waals surface area contributed by atoms with Crippen LogP contribution in [0.15, 0.2) is 188 Å². The van der Waals surface area contributed by atoms with Crippen molar-refractivity contribution in [3.63, 3.8) is 0 Å². The number of para-hydroxylation sites is 2. The summed E-state index contributed by atoms with van der Waals surface area (Å²) in [6.07, 6.45) is 0. The fourth-order valence-corrected chi connectivity index (χ4v) is 8.56. The van der Waals surface area contributed by atoms with Crippen LogP contribution >= 0.6 is 11.3 Å². The topological polar surface area (TPSA) is 12.5 Å². The summed E-state index contributed by atoms with van der Waals surface area (Å²) in [6.45, 7) is 0. The first kappa shape index (κ1) is 29.5. The largest absolute Gasteiger partial charge is 0.453 e. The van der Waals surface area contributed by atoms with Gasteiger partial charge in [0.15, 0.2) is 11.5 Å². The molecule has 0 fully saturated rings. The first-order valence-electron chi connectivity index (χ1n) is 17.2. The lowest BCUT2D eigenvalue weighted by Gasteiger charge is -2.33. The lowest BCUT2D eigenvalue weighted by molar-refractivity contribution is 0.477. The molecule has 51 heavy (non-hydrogen) atoms. The number of nitrogens with zero attached hydrogens (tertiary/aromatic N) is 1. The smallest absolute Gasteiger partial charge is 0.152 e. The van der Waals surface area contributed by atoms with Crippen molar-refractivity contribution in [1.82, 2.24) is 0 Å². The van der Waals surface area contributed by atoms with E-state index in [0.29, 0.717) is 0 Å². The van der Waals surface area contributed by atoms with Crippen LogP contribution in [0.25, 0.3) is 64.7 Å². The molecule has 0 atom stereocenters. The van der Waals surface area contributed by atoms with Crippen LogP contribution in [-0.2, 0) is 0 Å². The van der Waals surface area contributed by atoms with Gasteiger partial charge in [0.2, 0.25) is 0 Å². The Kier molecular flexibility index (Phi) is 7.04. The van der Waals surface area contributed by atoms with Gasteiger partial charge in [0.05, 0.1) is 11.4 Å². The van der Waals surface area contributed by atoms with Crippen LogP contribution in [0.3, 0.4) is 0 Å². The van der Waals surface area contributed by atoms with E-state index >= 15 is 0 Å². The third-order valence-corrected chi connectivity index (χ3v) is 11.1. The van der Waals surface area contributed by atoms with Crippen LogP contribution in [0.2, 0.25) is 0 Å². The Labute approximate surface area is 301 Å². The zero-order valence-corrected chi connectivity index (χ0v) is 28.5. The SMILES string of the molecule is c1ccc(-c2ccc(-c3ccc4c(c3)Oc3ccccc3N4c3ccc(-c4ccc(-c5cccc6c5sc5ccccc56)cc4)cc3)cc2)cc1. The molecule has 10 rings (SSSR count). The standard InChI is InChI=1S/C48H31NOS/c1-2-9-32(10-3-1)33-17-19-36(20-18-33)38-27-30-44-46(31-38)50-45-15-6-5-14-43(45)49(44)39-28-25-35(26-29-39)34-21-23-37(24-22-34)40-12-8-13-42-41-11-4-7-16-47(41)51-48(40)42/h1-31H. The van der Waals surface area contributed by atoms with Gasteiger partial charge in [0.25, 0.3) is 0 Å². The van der Waals surface area contributed by atoms with Crippen molar-refractivity contribution in [2.75, 3.05) is 4.90 Å². The Balaban J connectivity index is 0.954. The van der Waals surface area contributed by atoms with Crippen LogP contribution in [-0.4, -0.2) is 0 Å². The van der Waals surface area contributed by atoms with E-state index in [-0.39, 0.29) is 0 Å². The average molecular weight is 670 g/mol. The van der Waals surface area contributed by atoms with Crippen molar-refractivity contribution in [3.8, 4) is 56.0 Å². The number of fused-ring (bicyclic) bond motifs is 5. The molecule has 0 radical (unpaired) electrons. The lowest BCUT2D eigenvalue weighted by atomic mass is 9.98. The van der Waals surface area contributed by atoms with Gasteiger partial charge in [0, 0.05) is 25.9 Å². The predicted octanol–water partition coefficient (Wildman–Crippen LogP) is 14.3. The van der Waals surface area contributed by atoms with Crippen molar-refractivity contribution >= 4 is 48.6 Å². The van der Waals surface area contributed by atoms with Gasteiger partial charge in [0.1, 0.15) is 0 Å². The number of benzene rings is 8. The van der Waals surface area contributed by atoms with E-state index in [4.69, 9.17) is 4.74 Å². The number of anilines is 3. The molecule has 0 N–H and O–H groups in total. The zero-order chi connectivity index (χ0) is 33.7. The molecule has 3 heteroatoms. The highest BCUT2D eigenvalue weighted by Crippen LogP contribution is 2.51. The first-order chi connectivity index (χ1) is 25.3. The molecule has 0 amide bonds. The second kappa shape index (κ2) is 12.2. The van der Waals surface area contributed by atoms with Crippen LogP contribution in [0, 0.1) is 0 Å². The van der Waals surface area contributed by atoms with Gasteiger partial charge >= 0.3 is 0 Å². The van der Waals surface area contributed by atoms with E-state index in [9.17, 15) is 0 Å². The maximum atomic E-state index is 6.53. The van der Waals surface area contributed by atoms with E-state index in [1.54, 1.807) is 0 Å². The van der Waals surface area contributed by atoms with Crippen molar-refractivity contribution in [3.05, 3.63) is 188 Å². The molecule has 2 heterocycles. The minimum atomic E-state index is 0.839. The van der Waals surface area contributed by atoms with Gasteiger partial charge < -0.3 is 9.64 Å². The van der Waals surface area contributed by atoms with Gasteiger partial charge in [-0.3, -0.25) is 0 Å². The fourth-order valence-electron chi connectivity index (χ4n) is 7.32. The predicted molar refractivity (Wildman–Crippen MR) is 216 cm³/mol. The summed E-state index contributed by atoms with van der Waals surface area (Å²) >= 11 is 1.87. The minimum Gasteiger partial charge on any atom is -0.453 e. The van der Waals surface area contributed by atoms with E-state index in [1.807, 2.05) is 29.5 Å². The summed E-state index contributed by atoms with van der Waals surface area (Å²) in [7, 11) is 0. The van der Waals surface area contributed by atoms with E-state index in [0.717, 1.165) is 39.7 Å². The number of hydrogen-bond acceptors (Lipinski definition) is 3. The normalized spacial score (nSPS) is 12.0. The van der Waals surface area contributed by atoms with Crippen molar-refractivity contribution in [2.45, 2.75) is 0 Å². The molecule has 240 valence electrons. The molecule has 0 saturated carbocycles. The van der Waals surface area contributed by atoms with Crippen LogP contribution < -0.4 is 9.64 Å². The molecule has 1 aliphatic heterocycles. The van der Waals surface area contributed by atoms with E-state index < -0.39 is 0 Å². The van der Waals surface area contributed by atoms with Gasteiger partial charge in [-0.1, -0.05) is 146 Å². The van der Waals surface area contributed by atoms with Crippen molar-refractivity contribution in [1.29, 1.82) is 0 Å². The Bertz CT molecular complexity index is 2690. The van der Waals surface area contributed by atoms with Crippen molar-refractivity contribution in [2.24, 2.45) is 0 Å². The second-order valence-electron chi connectivity index (χ2n) is 12.9. The monoisotopic (exact) mass is 669 g/mol. The molecular formula is C48H31NOS. The van der Waals surface area contributed by atoms with Gasteiger partial charge in [-0.15, -0.1) is 11.3 Å². The van der Waals surface area contributed by atoms with Crippen LogP contribution in [0.5, 0.6) is 11.5 Å². The highest BCUT2D eigenvalue weighted by atomic mass is 32.1. The van der Waals surface area contributed by atoms with E-state index in [2.05, 4.69) is 175 Å². The van der Waals surface area contributed by atoms with E-state index in [1.165, 1.54) is 53.6 Å². The highest BCUT2D eigenvalue weighted by Gasteiger charge is 2.26. The molecule has 0 bridgehead atoms. The molecule has 9 aromatic rings. The molecule has 1 aromatic heterocycles. The number of thiophene rings is 1. The van der Waals surface area contributed by atoms with Gasteiger partial charge in [-0.05, 0) is 87.0 Å². The molecule has 8 aromatic carbocycles. The third kappa shape index (κ3) is 5.18. The Hall–Kier alpha value is -6.42. The zero-order valence-electron chi connectivity index (χ0n) is 27.7. The van der Waals surface area contributed by atoms with Crippen molar-refractivity contribution < 1.29 is 4.74 Å². The molecule has 1 aliphatic rings. The third-order valence-electron chi connectivity index (χ3n) is 9.91. The van der Waals surface area contributed by atoms with Gasteiger partial charge in [-0.2, -0.15) is 0 Å².